The van der Waals surface area contributed by atoms with Crippen molar-refractivity contribution in [3.05, 3.63) is 0 Å². The van der Waals surface area contributed by atoms with Gasteiger partial charge in [0.1, 0.15) is 0 Å². The maximum atomic E-state index is 5.57. The maximum Gasteiger partial charge on any atom is 0.0326 e. The van der Waals surface area contributed by atoms with Gasteiger partial charge in [-0.3, -0.25) is 11.3 Å². The molecule has 0 radical (unpaired) electrons. The van der Waals surface area contributed by atoms with E-state index in [1.54, 1.807) is 0 Å². The molecule has 0 spiro atoms. The highest BCUT2D eigenvalue weighted by atomic mass is 32.2. The van der Waals surface area contributed by atoms with Gasteiger partial charge in [0.05, 0.1) is 0 Å². The number of thioether (sulfide) groups is 1. The van der Waals surface area contributed by atoms with Gasteiger partial charge in [0.25, 0.3) is 0 Å². The molecule has 0 amide bonds. The molecule has 0 heterocycles. The molecule has 3 N–H and O–H groups in total. The topological polar surface area (TPSA) is 38.0 Å². The van der Waals surface area contributed by atoms with Gasteiger partial charge in [0.2, 0.25) is 0 Å². The van der Waals surface area contributed by atoms with Crippen molar-refractivity contribution in [1.82, 2.24) is 5.43 Å². The summed E-state index contributed by atoms with van der Waals surface area (Å²) in [6.45, 7) is 4.51. The van der Waals surface area contributed by atoms with E-state index in [-0.39, 0.29) is 0 Å². The molecule has 0 aromatic heterocycles. The second-order valence-electron chi connectivity index (χ2n) is 4.40. The van der Waals surface area contributed by atoms with Gasteiger partial charge in [-0.05, 0) is 18.8 Å². The molecule has 0 saturated heterocycles. The normalized spacial score (nSPS) is 22.5. The van der Waals surface area contributed by atoms with Gasteiger partial charge in [-0.2, -0.15) is 11.8 Å². The van der Waals surface area contributed by atoms with E-state index in [9.17, 15) is 0 Å². The number of rotatable bonds is 6. The first-order valence-corrected chi connectivity index (χ1v) is 6.90. The second kappa shape index (κ2) is 6.70. The molecule has 3 heteroatoms. The number of nitrogens with two attached hydrogens (primary N) is 1. The first-order valence-electron chi connectivity index (χ1n) is 5.85. The Morgan fingerprint density at radius 3 is 2.57 bits per heavy atom. The summed E-state index contributed by atoms with van der Waals surface area (Å²) in [7, 11) is 0. The molecule has 2 nitrogen and oxygen atoms in total. The summed E-state index contributed by atoms with van der Waals surface area (Å²) in [5.74, 6) is 7.44. The highest BCUT2D eigenvalue weighted by molar-refractivity contribution is 7.99. The lowest BCUT2D eigenvalue weighted by Gasteiger charge is -2.23. The summed E-state index contributed by atoms with van der Waals surface area (Å²) in [6.07, 6.45) is 6.91. The van der Waals surface area contributed by atoms with E-state index in [0.717, 1.165) is 5.25 Å². The molecule has 1 fully saturated rings. The molecule has 1 aliphatic rings. The molecule has 84 valence electrons. The Labute approximate surface area is 92.4 Å². The van der Waals surface area contributed by atoms with Gasteiger partial charge in [0, 0.05) is 17.0 Å². The zero-order chi connectivity index (χ0) is 10.4. The molecule has 2 unspecified atom stereocenters. The van der Waals surface area contributed by atoms with Crippen LogP contribution in [0.5, 0.6) is 0 Å². The standard InChI is InChI=1S/C11H24N2S/c1-3-9(2)11(13-12)8-14-10-6-4-5-7-10/h9-11,13H,3-8,12H2,1-2H3. The predicted octanol–water partition coefficient (Wildman–Crippen LogP) is 2.54. The van der Waals surface area contributed by atoms with E-state index in [4.69, 9.17) is 5.84 Å². The van der Waals surface area contributed by atoms with Crippen molar-refractivity contribution in [3.8, 4) is 0 Å². The van der Waals surface area contributed by atoms with E-state index < -0.39 is 0 Å². The zero-order valence-corrected chi connectivity index (χ0v) is 10.3. The summed E-state index contributed by atoms with van der Waals surface area (Å²) in [5.41, 5.74) is 2.96. The van der Waals surface area contributed by atoms with Gasteiger partial charge >= 0.3 is 0 Å². The molecule has 0 aromatic carbocycles. The molecule has 0 aliphatic heterocycles. The zero-order valence-electron chi connectivity index (χ0n) is 9.46. The summed E-state index contributed by atoms with van der Waals surface area (Å²) < 4.78 is 0. The van der Waals surface area contributed by atoms with Crippen LogP contribution in [0.3, 0.4) is 0 Å². The fourth-order valence-corrected chi connectivity index (χ4v) is 3.53. The first-order chi connectivity index (χ1) is 6.77. The Hall–Kier alpha value is 0.270. The number of hydrogen-bond donors (Lipinski definition) is 2. The van der Waals surface area contributed by atoms with Crippen LogP contribution in [-0.4, -0.2) is 17.0 Å². The summed E-state index contributed by atoms with van der Waals surface area (Å²) >= 11 is 2.12. The first kappa shape index (κ1) is 12.3. The highest BCUT2D eigenvalue weighted by Crippen LogP contribution is 2.30. The van der Waals surface area contributed by atoms with Crippen molar-refractivity contribution in [3.63, 3.8) is 0 Å². The molecule has 14 heavy (non-hydrogen) atoms. The molecule has 1 saturated carbocycles. The van der Waals surface area contributed by atoms with E-state index in [1.807, 2.05) is 0 Å². The second-order valence-corrected chi connectivity index (χ2v) is 5.73. The maximum absolute atomic E-state index is 5.57. The Bertz CT molecular complexity index is 146. The van der Waals surface area contributed by atoms with Gasteiger partial charge in [0.15, 0.2) is 0 Å². The van der Waals surface area contributed by atoms with E-state index in [0.29, 0.717) is 12.0 Å². The predicted molar refractivity (Wildman–Crippen MR) is 65.3 cm³/mol. The number of nitrogens with one attached hydrogen (secondary N) is 1. The fourth-order valence-electron chi connectivity index (χ4n) is 1.96. The molecule has 0 bridgehead atoms. The monoisotopic (exact) mass is 216 g/mol. The smallest absolute Gasteiger partial charge is 0.0326 e. The summed E-state index contributed by atoms with van der Waals surface area (Å²) in [4.78, 5) is 0. The van der Waals surface area contributed by atoms with Crippen molar-refractivity contribution < 1.29 is 0 Å². The Balaban J connectivity index is 2.19. The number of hydrogen-bond acceptors (Lipinski definition) is 3. The van der Waals surface area contributed by atoms with E-state index >= 15 is 0 Å². The van der Waals surface area contributed by atoms with Crippen LogP contribution in [0.15, 0.2) is 0 Å². The summed E-state index contributed by atoms with van der Waals surface area (Å²) in [5, 5.41) is 0.912. The molecule has 1 rings (SSSR count). The van der Waals surface area contributed by atoms with Gasteiger partial charge < -0.3 is 0 Å². The van der Waals surface area contributed by atoms with Crippen LogP contribution in [-0.2, 0) is 0 Å². The third kappa shape index (κ3) is 3.79. The van der Waals surface area contributed by atoms with Gasteiger partial charge in [-0.15, -0.1) is 0 Å². The lowest BCUT2D eigenvalue weighted by Crippen LogP contribution is -2.41. The largest absolute Gasteiger partial charge is 0.271 e. The van der Waals surface area contributed by atoms with Crippen molar-refractivity contribution in [2.24, 2.45) is 11.8 Å². The minimum atomic E-state index is 0.491. The van der Waals surface area contributed by atoms with Crippen LogP contribution in [0.25, 0.3) is 0 Å². The molecule has 1 aliphatic carbocycles. The average Bonchev–Trinajstić information content (AvgIpc) is 2.71. The van der Waals surface area contributed by atoms with Crippen LogP contribution in [0.1, 0.15) is 46.0 Å². The van der Waals surface area contributed by atoms with Crippen LogP contribution in [0.2, 0.25) is 0 Å². The molecule has 2 atom stereocenters. The summed E-state index contributed by atoms with van der Waals surface area (Å²) in [6, 6.07) is 0.491. The van der Waals surface area contributed by atoms with Crippen LogP contribution in [0, 0.1) is 5.92 Å². The van der Waals surface area contributed by atoms with Gasteiger partial charge in [-0.25, -0.2) is 0 Å². The van der Waals surface area contributed by atoms with Gasteiger partial charge in [-0.1, -0.05) is 33.1 Å². The molecular weight excluding hydrogens is 192 g/mol. The Morgan fingerprint density at radius 1 is 1.43 bits per heavy atom. The van der Waals surface area contributed by atoms with Crippen molar-refractivity contribution in [2.45, 2.75) is 57.2 Å². The Kier molecular flexibility index (Phi) is 5.90. The van der Waals surface area contributed by atoms with E-state index in [2.05, 4.69) is 31.0 Å². The third-order valence-electron chi connectivity index (χ3n) is 3.36. The fraction of sp³-hybridized carbons (Fsp3) is 1.00. The quantitative estimate of drug-likeness (QED) is 0.529. The van der Waals surface area contributed by atoms with Crippen LogP contribution < -0.4 is 11.3 Å². The Morgan fingerprint density at radius 2 is 2.07 bits per heavy atom. The lowest BCUT2D eigenvalue weighted by molar-refractivity contribution is 0.403. The highest BCUT2D eigenvalue weighted by Gasteiger charge is 2.19. The molecular formula is C11H24N2S. The average molecular weight is 216 g/mol. The number of hydrazine groups is 1. The molecule has 0 aromatic rings. The van der Waals surface area contributed by atoms with Crippen molar-refractivity contribution in [1.29, 1.82) is 0 Å². The van der Waals surface area contributed by atoms with Crippen molar-refractivity contribution >= 4 is 11.8 Å². The van der Waals surface area contributed by atoms with Crippen molar-refractivity contribution in [2.75, 3.05) is 5.75 Å². The lowest BCUT2D eigenvalue weighted by atomic mass is 10.0. The van der Waals surface area contributed by atoms with E-state index in [1.165, 1.54) is 37.9 Å². The minimum Gasteiger partial charge on any atom is -0.271 e. The SMILES string of the molecule is CCC(C)C(CSC1CCCC1)NN. The van der Waals surface area contributed by atoms with Crippen LogP contribution >= 0.6 is 11.8 Å². The third-order valence-corrected chi connectivity index (χ3v) is 4.85. The minimum absolute atomic E-state index is 0.491. The van der Waals surface area contributed by atoms with Crippen LogP contribution in [0.4, 0.5) is 0 Å².